The average molecular weight is 486 g/mol. The van der Waals surface area contributed by atoms with Crippen LogP contribution in [0.1, 0.15) is 28.3 Å². The maximum Gasteiger partial charge on any atom is 0.213 e. The van der Waals surface area contributed by atoms with Gasteiger partial charge in [-0.2, -0.15) is 0 Å². The number of halogens is 4. The fourth-order valence-corrected chi connectivity index (χ4v) is 3.88. The van der Waals surface area contributed by atoms with Crippen molar-refractivity contribution in [2.45, 2.75) is 6.04 Å². The lowest BCUT2D eigenvalue weighted by atomic mass is 9.97. The van der Waals surface area contributed by atoms with Crippen molar-refractivity contribution in [2.75, 3.05) is 0 Å². The third kappa shape index (κ3) is 5.50. The summed E-state index contributed by atoms with van der Waals surface area (Å²) in [6, 6.07) is 31.1. The Bertz CT molecular complexity index is 1090. The molecule has 0 saturated carbocycles. The Morgan fingerprint density at radius 3 is 1.06 bits per heavy atom. The molecule has 0 heterocycles. The Hall–Kier alpha value is -2.29. The van der Waals surface area contributed by atoms with Gasteiger partial charge in [-0.15, -0.1) is 0 Å². The molecule has 0 aliphatic heterocycles. The molecule has 4 aromatic carbocycles. The van der Waals surface area contributed by atoms with E-state index in [-0.39, 0.29) is 6.04 Å². The van der Waals surface area contributed by atoms with Crippen molar-refractivity contribution in [1.29, 1.82) is 0 Å². The van der Waals surface area contributed by atoms with Gasteiger partial charge in [0.25, 0.3) is 0 Å². The molecule has 0 unspecified atom stereocenters. The second-order valence-electron chi connectivity index (χ2n) is 7.07. The molecule has 1 N–H and O–H groups in total. The first-order valence-corrected chi connectivity index (χ1v) is 11.2. The number of nitrogens with one attached hydrogen (secondary N) is 1. The van der Waals surface area contributed by atoms with Gasteiger partial charge in [0.15, 0.2) is 0 Å². The van der Waals surface area contributed by atoms with Crippen molar-refractivity contribution in [1.82, 2.24) is 0 Å². The maximum atomic E-state index is 6.14. The van der Waals surface area contributed by atoms with E-state index >= 15 is 0 Å². The van der Waals surface area contributed by atoms with Gasteiger partial charge >= 0.3 is 0 Å². The quantitative estimate of drug-likeness (QED) is 0.292. The van der Waals surface area contributed by atoms with Gasteiger partial charge in [-0.05, 0) is 72.8 Å². The Morgan fingerprint density at radius 2 is 0.742 bits per heavy atom. The van der Waals surface area contributed by atoms with Crippen LogP contribution in [0.25, 0.3) is 0 Å². The highest BCUT2D eigenvalue weighted by atomic mass is 35.5. The molecule has 0 aromatic heterocycles. The largest absolute Gasteiger partial charge is 0.230 e. The standard InChI is InChI=1S/C26H17Cl4N/c27-21-9-1-17(2-10-21)25(18-3-11-22(28)12-4-18)31-26(19-5-13-23(29)14-6-19)20-7-15-24(30)16-8-20/h1-16,25H/p+1. The Balaban J connectivity index is 1.91. The Morgan fingerprint density at radius 1 is 0.452 bits per heavy atom. The second-order valence-corrected chi connectivity index (χ2v) is 8.81. The predicted octanol–water partition coefficient (Wildman–Crippen LogP) is 7.01. The van der Waals surface area contributed by atoms with Crippen molar-refractivity contribution >= 4 is 52.1 Å². The predicted molar refractivity (Wildman–Crippen MR) is 132 cm³/mol. The summed E-state index contributed by atoms with van der Waals surface area (Å²) in [5.41, 5.74) is 5.14. The van der Waals surface area contributed by atoms with Crippen LogP contribution >= 0.6 is 46.4 Å². The summed E-state index contributed by atoms with van der Waals surface area (Å²) in [5, 5.41) is 2.76. The lowest BCUT2D eigenvalue weighted by molar-refractivity contribution is -0.496. The summed E-state index contributed by atoms with van der Waals surface area (Å²) in [7, 11) is 0. The summed E-state index contributed by atoms with van der Waals surface area (Å²) in [6.07, 6.45) is 0. The third-order valence-corrected chi connectivity index (χ3v) is 5.97. The molecule has 0 radical (unpaired) electrons. The number of rotatable bonds is 5. The van der Waals surface area contributed by atoms with Crippen LogP contribution < -0.4 is 4.99 Å². The molecule has 0 spiro atoms. The smallest absolute Gasteiger partial charge is 0.213 e. The molecule has 31 heavy (non-hydrogen) atoms. The van der Waals surface area contributed by atoms with Gasteiger partial charge in [0, 0.05) is 42.3 Å². The summed E-state index contributed by atoms with van der Waals surface area (Å²) >= 11 is 24.6. The Kier molecular flexibility index (Phi) is 6.99. The van der Waals surface area contributed by atoms with Crippen LogP contribution in [-0.2, 0) is 0 Å². The van der Waals surface area contributed by atoms with E-state index in [1.165, 1.54) is 0 Å². The van der Waals surface area contributed by atoms with Crippen LogP contribution in [0.4, 0.5) is 0 Å². The van der Waals surface area contributed by atoms with Crippen molar-refractivity contribution in [2.24, 2.45) is 0 Å². The van der Waals surface area contributed by atoms with Gasteiger partial charge in [0.05, 0.1) is 0 Å². The fraction of sp³-hybridized carbons (Fsp3) is 0.0385. The van der Waals surface area contributed by atoms with Crippen molar-refractivity contribution in [3.8, 4) is 0 Å². The molecule has 0 fully saturated rings. The van der Waals surface area contributed by atoms with Gasteiger partial charge in [-0.3, -0.25) is 0 Å². The zero-order valence-corrected chi connectivity index (χ0v) is 19.4. The van der Waals surface area contributed by atoms with Crippen LogP contribution in [0.3, 0.4) is 0 Å². The first-order valence-electron chi connectivity index (χ1n) is 9.66. The highest BCUT2D eigenvalue weighted by Crippen LogP contribution is 2.23. The lowest BCUT2D eigenvalue weighted by Gasteiger charge is -2.12. The van der Waals surface area contributed by atoms with E-state index in [4.69, 9.17) is 46.4 Å². The summed E-state index contributed by atoms with van der Waals surface area (Å²) in [5.74, 6) is 0. The van der Waals surface area contributed by atoms with Crippen molar-refractivity contribution in [3.63, 3.8) is 0 Å². The van der Waals surface area contributed by atoms with Crippen LogP contribution in [0, 0.1) is 0 Å². The highest BCUT2D eigenvalue weighted by Gasteiger charge is 2.23. The minimum absolute atomic E-state index is 0.129. The van der Waals surface area contributed by atoms with E-state index in [2.05, 4.69) is 4.99 Å². The molecule has 5 heteroatoms. The van der Waals surface area contributed by atoms with Crippen molar-refractivity contribution < 1.29 is 4.99 Å². The van der Waals surface area contributed by atoms with Gasteiger partial charge in [-0.25, -0.2) is 4.99 Å². The molecule has 0 bridgehead atoms. The molecule has 1 nitrogen and oxygen atoms in total. The van der Waals surface area contributed by atoms with E-state index in [0.29, 0.717) is 20.1 Å². The van der Waals surface area contributed by atoms with Crippen molar-refractivity contribution in [3.05, 3.63) is 139 Å². The van der Waals surface area contributed by atoms with Crippen LogP contribution in [0.2, 0.25) is 20.1 Å². The number of hydrogen-bond donors (Lipinski definition) is 1. The first-order chi connectivity index (χ1) is 15.0. The third-order valence-electron chi connectivity index (χ3n) is 4.96. The SMILES string of the molecule is Clc1ccc(C(=[NH+]C(c2ccc(Cl)cc2)c2ccc(Cl)cc2)c2ccc(Cl)cc2)cc1. The molecule has 0 aliphatic rings. The summed E-state index contributed by atoms with van der Waals surface area (Å²) < 4.78 is 0. The highest BCUT2D eigenvalue weighted by molar-refractivity contribution is 6.31. The lowest BCUT2D eigenvalue weighted by Crippen LogP contribution is -2.75. The zero-order chi connectivity index (χ0) is 21.8. The minimum atomic E-state index is -0.129. The Labute approximate surface area is 201 Å². The molecule has 4 rings (SSSR count). The topological polar surface area (TPSA) is 14.0 Å². The maximum absolute atomic E-state index is 6.14. The fourth-order valence-electron chi connectivity index (χ4n) is 3.38. The minimum Gasteiger partial charge on any atom is -0.230 e. The molecule has 4 aromatic rings. The van der Waals surface area contributed by atoms with E-state index in [9.17, 15) is 0 Å². The molecule has 0 aliphatic carbocycles. The first kappa shape index (κ1) is 21.9. The van der Waals surface area contributed by atoms with Gasteiger partial charge in [0.2, 0.25) is 11.8 Å². The molecule has 154 valence electrons. The molecule has 0 atom stereocenters. The van der Waals surface area contributed by atoms with E-state index in [1.807, 2.05) is 97.1 Å². The van der Waals surface area contributed by atoms with E-state index in [0.717, 1.165) is 28.0 Å². The number of benzene rings is 4. The molecular weight excluding hydrogens is 468 g/mol. The van der Waals surface area contributed by atoms with Gasteiger partial charge in [-0.1, -0.05) is 70.7 Å². The monoisotopic (exact) mass is 484 g/mol. The van der Waals surface area contributed by atoms with Gasteiger partial charge in [0.1, 0.15) is 0 Å². The molecule has 0 amide bonds. The second kappa shape index (κ2) is 9.89. The molecular formula is C26H18Cl4N+. The summed E-state index contributed by atoms with van der Waals surface area (Å²) in [4.78, 5) is 3.74. The van der Waals surface area contributed by atoms with E-state index in [1.54, 1.807) is 0 Å². The van der Waals surface area contributed by atoms with Gasteiger partial charge < -0.3 is 0 Å². The average Bonchev–Trinajstić information content (AvgIpc) is 2.78. The van der Waals surface area contributed by atoms with Crippen LogP contribution in [-0.4, -0.2) is 5.71 Å². The normalized spacial score (nSPS) is 10.9. The van der Waals surface area contributed by atoms with Crippen LogP contribution in [0.5, 0.6) is 0 Å². The van der Waals surface area contributed by atoms with E-state index < -0.39 is 0 Å². The zero-order valence-electron chi connectivity index (χ0n) is 16.3. The number of hydrogen-bond acceptors (Lipinski definition) is 0. The van der Waals surface area contributed by atoms with Crippen LogP contribution in [0.15, 0.2) is 97.1 Å². The molecule has 0 saturated heterocycles. The summed E-state index contributed by atoms with van der Waals surface area (Å²) in [6.45, 7) is 0.